The number of hydrogen-bond donors (Lipinski definition) is 2. The van der Waals surface area contributed by atoms with Gasteiger partial charge in [0.25, 0.3) is 0 Å². The molecule has 0 aliphatic heterocycles. The smallest absolute Gasteiger partial charge is 0.406 e. The molecule has 0 unspecified atom stereocenters. The molecular weight excluding hydrogens is 252 g/mol. The molecule has 114 valence electrons. The van der Waals surface area contributed by atoms with Gasteiger partial charge in [-0.15, -0.1) is 0 Å². The molecule has 0 aliphatic rings. The summed E-state index contributed by atoms with van der Waals surface area (Å²) in [5, 5.41) is 2.57. The first-order chi connectivity index (χ1) is 9.31. The molecule has 0 aromatic heterocycles. The van der Waals surface area contributed by atoms with Crippen LogP contribution in [0.4, 0.5) is 4.79 Å². The fourth-order valence-electron chi connectivity index (χ4n) is 1.16. The molecular formula is C12H26N2O5. The van der Waals surface area contributed by atoms with E-state index in [0.29, 0.717) is 52.7 Å². The van der Waals surface area contributed by atoms with E-state index < -0.39 is 6.09 Å². The van der Waals surface area contributed by atoms with Crippen LogP contribution in [0.25, 0.3) is 0 Å². The Morgan fingerprint density at radius 1 is 0.947 bits per heavy atom. The summed E-state index contributed by atoms with van der Waals surface area (Å²) in [6.45, 7) is 4.71. The molecule has 0 rings (SSSR count). The normalized spacial score (nSPS) is 10.4. The Morgan fingerprint density at radius 3 is 2.00 bits per heavy atom. The molecule has 0 heterocycles. The largest absolute Gasteiger partial charge is 0.453 e. The zero-order valence-corrected chi connectivity index (χ0v) is 11.7. The van der Waals surface area contributed by atoms with E-state index in [9.17, 15) is 4.79 Å². The van der Waals surface area contributed by atoms with Gasteiger partial charge in [0.15, 0.2) is 0 Å². The van der Waals surface area contributed by atoms with Crippen molar-refractivity contribution < 1.29 is 23.7 Å². The van der Waals surface area contributed by atoms with Crippen LogP contribution in [0.2, 0.25) is 0 Å². The third-order valence-electron chi connectivity index (χ3n) is 2.16. The number of hydrogen-bond acceptors (Lipinski definition) is 6. The monoisotopic (exact) mass is 278 g/mol. The number of methoxy groups -OCH3 is 1. The van der Waals surface area contributed by atoms with Crippen LogP contribution in [0, 0.1) is 0 Å². The number of nitrogens with one attached hydrogen (secondary N) is 1. The summed E-state index contributed by atoms with van der Waals surface area (Å²) in [4.78, 5) is 10.7. The number of rotatable bonds is 13. The van der Waals surface area contributed by atoms with Gasteiger partial charge in [-0.2, -0.15) is 0 Å². The van der Waals surface area contributed by atoms with E-state index in [1.807, 2.05) is 0 Å². The molecule has 0 radical (unpaired) electrons. The Bertz CT molecular complexity index is 205. The molecule has 19 heavy (non-hydrogen) atoms. The van der Waals surface area contributed by atoms with E-state index in [2.05, 4.69) is 10.1 Å². The van der Waals surface area contributed by atoms with Crippen LogP contribution in [0.15, 0.2) is 0 Å². The molecule has 7 nitrogen and oxygen atoms in total. The summed E-state index contributed by atoms with van der Waals surface area (Å²) in [5.74, 6) is 0. The predicted octanol–water partition coefficient (Wildman–Crippen LogP) is 0.131. The van der Waals surface area contributed by atoms with Crippen molar-refractivity contribution in [3.63, 3.8) is 0 Å². The fourth-order valence-corrected chi connectivity index (χ4v) is 1.16. The number of carbonyl (C=O) groups is 1. The van der Waals surface area contributed by atoms with Crippen LogP contribution in [-0.2, 0) is 18.9 Å². The second-order valence-corrected chi connectivity index (χ2v) is 3.75. The Kier molecular flexibility index (Phi) is 14.5. The first kappa shape index (κ1) is 18.1. The lowest BCUT2D eigenvalue weighted by atomic mass is 10.4. The molecule has 0 spiro atoms. The Morgan fingerprint density at radius 2 is 1.47 bits per heavy atom. The summed E-state index contributed by atoms with van der Waals surface area (Å²) < 4.78 is 20.3. The predicted molar refractivity (Wildman–Crippen MR) is 71.2 cm³/mol. The van der Waals surface area contributed by atoms with E-state index in [1.165, 1.54) is 7.11 Å². The van der Waals surface area contributed by atoms with Crippen LogP contribution >= 0.6 is 0 Å². The van der Waals surface area contributed by atoms with Gasteiger partial charge in [0.1, 0.15) is 0 Å². The Balaban J connectivity index is 2.97. The van der Waals surface area contributed by atoms with Gasteiger partial charge in [0, 0.05) is 19.8 Å². The Labute approximate surface area is 114 Å². The van der Waals surface area contributed by atoms with Crippen molar-refractivity contribution in [3.05, 3.63) is 0 Å². The van der Waals surface area contributed by atoms with Crippen LogP contribution in [0.5, 0.6) is 0 Å². The van der Waals surface area contributed by atoms with Gasteiger partial charge < -0.3 is 30.0 Å². The molecule has 0 atom stereocenters. The van der Waals surface area contributed by atoms with E-state index >= 15 is 0 Å². The van der Waals surface area contributed by atoms with Crippen molar-refractivity contribution in [1.29, 1.82) is 0 Å². The SMILES string of the molecule is COC(=O)NCCCOCCOCCOCCCN. The molecule has 0 saturated carbocycles. The average Bonchev–Trinajstić information content (AvgIpc) is 2.43. The van der Waals surface area contributed by atoms with Gasteiger partial charge in [0.05, 0.1) is 33.5 Å². The minimum atomic E-state index is -0.419. The number of carbonyl (C=O) groups excluding carboxylic acids is 1. The van der Waals surface area contributed by atoms with Gasteiger partial charge in [-0.05, 0) is 19.4 Å². The zero-order chi connectivity index (χ0) is 14.2. The lowest BCUT2D eigenvalue weighted by Gasteiger charge is -2.07. The topological polar surface area (TPSA) is 92.0 Å². The van der Waals surface area contributed by atoms with Crippen molar-refractivity contribution in [1.82, 2.24) is 5.32 Å². The van der Waals surface area contributed by atoms with E-state index in [0.717, 1.165) is 12.8 Å². The number of alkyl carbamates (subject to hydrolysis) is 1. The summed E-state index contributed by atoms with van der Waals surface area (Å²) in [6.07, 6.45) is 1.21. The van der Waals surface area contributed by atoms with E-state index in [1.54, 1.807) is 0 Å². The van der Waals surface area contributed by atoms with Crippen LogP contribution in [0.1, 0.15) is 12.8 Å². The van der Waals surface area contributed by atoms with Gasteiger partial charge in [-0.1, -0.05) is 0 Å². The summed E-state index contributed by atoms with van der Waals surface area (Å²) in [7, 11) is 1.34. The van der Waals surface area contributed by atoms with Crippen molar-refractivity contribution >= 4 is 6.09 Å². The molecule has 3 N–H and O–H groups in total. The standard InChI is InChI=1S/C12H26N2O5/c1-16-12(15)14-5-3-7-18-9-11-19-10-8-17-6-2-4-13/h2-11,13H2,1H3,(H,14,15). The maximum atomic E-state index is 10.7. The first-order valence-corrected chi connectivity index (χ1v) is 6.56. The van der Waals surface area contributed by atoms with E-state index in [4.69, 9.17) is 19.9 Å². The summed E-state index contributed by atoms with van der Waals surface area (Å²) in [5.41, 5.74) is 5.33. The average molecular weight is 278 g/mol. The zero-order valence-electron chi connectivity index (χ0n) is 11.7. The van der Waals surface area contributed by atoms with Crippen molar-refractivity contribution in [3.8, 4) is 0 Å². The second-order valence-electron chi connectivity index (χ2n) is 3.75. The molecule has 0 aromatic carbocycles. The Hall–Kier alpha value is -0.890. The maximum absolute atomic E-state index is 10.7. The number of amides is 1. The lowest BCUT2D eigenvalue weighted by Crippen LogP contribution is -2.25. The molecule has 0 saturated heterocycles. The highest BCUT2D eigenvalue weighted by Gasteiger charge is 1.96. The van der Waals surface area contributed by atoms with E-state index in [-0.39, 0.29) is 0 Å². The molecule has 0 aromatic rings. The summed E-state index contributed by atoms with van der Waals surface area (Å²) >= 11 is 0. The van der Waals surface area contributed by atoms with Gasteiger partial charge >= 0.3 is 6.09 Å². The quantitative estimate of drug-likeness (QED) is 0.465. The molecule has 0 bridgehead atoms. The third-order valence-corrected chi connectivity index (χ3v) is 2.16. The third kappa shape index (κ3) is 15.1. The lowest BCUT2D eigenvalue weighted by molar-refractivity contribution is 0.0141. The van der Waals surface area contributed by atoms with Crippen LogP contribution in [0.3, 0.4) is 0 Å². The minimum absolute atomic E-state index is 0.419. The van der Waals surface area contributed by atoms with Gasteiger partial charge in [-0.25, -0.2) is 4.79 Å². The van der Waals surface area contributed by atoms with Crippen molar-refractivity contribution in [2.24, 2.45) is 5.73 Å². The van der Waals surface area contributed by atoms with Crippen molar-refractivity contribution in [2.75, 3.05) is 59.8 Å². The van der Waals surface area contributed by atoms with Gasteiger partial charge in [0.2, 0.25) is 0 Å². The molecule has 7 heteroatoms. The summed E-state index contributed by atoms with van der Waals surface area (Å²) in [6, 6.07) is 0. The first-order valence-electron chi connectivity index (χ1n) is 6.56. The fraction of sp³-hybridized carbons (Fsp3) is 0.917. The highest BCUT2D eigenvalue weighted by molar-refractivity contribution is 5.66. The van der Waals surface area contributed by atoms with Gasteiger partial charge in [-0.3, -0.25) is 0 Å². The van der Waals surface area contributed by atoms with Crippen LogP contribution < -0.4 is 11.1 Å². The highest BCUT2D eigenvalue weighted by atomic mass is 16.5. The molecule has 0 aliphatic carbocycles. The number of ether oxygens (including phenoxy) is 4. The number of nitrogens with two attached hydrogens (primary N) is 1. The maximum Gasteiger partial charge on any atom is 0.406 e. The van der Waals surface area contributed by atoms with Crippen molar-refractivity contribution in [2.45, 2.75) is 12.8 Å². The molecule has 0 fully saturated rings. The second kappa shape index (κ2) is 15.2. The van der Waals surface area contributed by atoms with Crippen LogP contribution in [-0.4, -0.2) is 65.9 Å². The minimum Gasteiger partial charge on any atom is -0.453 e. The molecule has 1 amide bonds. The highest BCUT2D eigenvalue weighted by Crippen LogP contribution is 1.85.